The Kier molecular flexibility index (Phi) is 5.79. The van der Waals surface area contributed by atoms with Crippen LogP contribution in [0.5, 0.6) is 0 Å². The van der Waals surface area contributed by atoms with Gasteiger partial charge >= 0.3 is 6.03 Å². The summed E-state index contributed by atoms with van der Waals surface area (Å²) in [6.45, 7) is 1.25. The lowest BCUT2D eigenvalue weighted by Crippen LogP contribution is -2.47. The third-order valence-corrected chi connectivity index (χ3v) is 10.7. The molecular formula is C30H22N2O6S2. The van der Waals surface area contributed by atoms with Gasteiger partial charge in [0.15, 0.2) is 5.54 Å². The first-order chi connectivity index (χ1) is 19.1. The number of imide groups is 1. The van der Waals surface area contributed by atoms with E-state index in [0.717, 1.165) is 10.8 Å². The maximum absolute atomic E-state index is 14.1. The maximum Gasteiger partial charge on any atom is 0.356 e. The number of urea groups is 1. The van der Waals surface area contributed by atoms with E-state index in [9.17, 15) is 26.4 Å². The molecule has 0 bridgehead atoms. The van der Waals surface area contributed by atoms with Crippen LogP contribution in [-0.2, 0) is 30.4 Å². The van der Waals surface area contributed by atoms with E-state index in [2.05, 4.69) is 0 Å². The quantitative estimate of drug-likeness (QED) is 0.267. The molecule has 5 aromatic rings. The van der Waals surface area contributed by atoms with Gasteiger partial charge < -0.3 is 0 Å². The fraction of sp³-hybridized carbons (Fsp3) is 0.0667. The second-order valence-electron chi connectivity index (χ2n) is 9.58. The highest BCUT2D eigenvalue weighted by Gasteiger charge is 2.64. The van der Waals surface area contributed by atoms with Crippen molar-refractivity contribution in [3.63, 3.8) is 0 Å². The third kappa shape index (κ3) is 3.71. The molecule has 1 aliphatic rings. The second kappa shape index (κ2) is 9.00. The molecule has 1 heterocycles. The molecule has 0 N–H and O–H groups in total. The van der Waals surface area contributed by atoms with Gasteiger partial charge in [-0.2, -0.15) is 4.31 Å². The fourth-order valence-electron chi connectivity index (χ4n) is 5.07. The molecule has 1 aliphatic heterocycles. The molecule has 3 amide bonds. The van der Waals surface area contributed by atoms with Gasteiger partial charge in [0.05, 0.1) is 9.79 Å². The fourth-order valence-corrected chi connectivity index (χ4v) is 8.21. The molecule has 5 aromatic carbocycles. The smallest absolute Gasteiger partial charge is 0.270 e. The lowest BCUT2D eigenvalue weighted by molar-refractivity contribution is -0.128. The van der Waals surface area contributed by atoms with E-state index < -0.39 is 37.5 Å². The van der Waals surface area contributed by atoms with E-state index in [-0.39, 0.29) is 19.7 Å². The van der Waals surface area contributed by atoms with Crippen molar-refractivity contribution in [1.29, 1.82) is 0 Å². The molecule has 8 nitrogen and oxygen atoms in total. The number of amides is 3. The van der Waals surface area contributed by atoms with Gasteiger partial charge in [-0.05, 0) is 58.3 Å². The molecule has 1 atom stereocenters. The van der Waals surface area contributed by atoms with Gasteiger partial charge in [0, 0.05) is 0 Å². The number of rotatable bonds is 5. The first kappa shape index (κ1) is 25.7. The average Bonchev–Trinajstić information content (AvgIpc) is 3.18. The van der Waals surface area contributed by atoms with Crippen molar-refractivity contribution >= 4 is 53.5 Å². The lowest BCUT2D eigenvalue weighted by Gasteiger charge is -2.31. The van der Waals surface area contributed by atoms with Gasteiger partial charge in [0.1, 0.15) is 0 Å². The lowest BCUT2D eigenvalue weighted by atomic mass is 9.92. The van der Waals surface area contributed by atoms with Crippen molar-refractivity contribution in [3.05, 3.63) is 121 Å². The van der Waals surface area contributed by atoms with Crippen LogP contribution in [0.15, 0.2) is 125 Å². The highest BCUT2D eigenvalue weighted by Crippen LogP contribution is 2.43. The summed E-state index contributed by atoms with van der Waals surface area (Å²) in [6, 6.07) is 29.0. The van der Waals surface area contributed by atoms with Crippen LogP contribution in [0.3, 0.4) is 0 Å². The van der Waals surface area contributed by atoms with Crippen LogP contribution in [-0.4, -0.2) is 37.4 Å². The maximum atomic E-state index is 14.1. The van der Waals surface area contributed by atoms with Gasteiger partial charge in [-0.3, -0.25) is 4.79 Å². The van der Waals surface area contributed by atoms with Crippen molar-refractivity contribution in [2.24, 2.45) is 0 Å². The number of benzene rings is 5. The summed E-state index contributed by atoms with van der Waals surface area (Å²) in [5.41, 5.74) is -2.03. The van der Waals surface area contributed by atoms with E-state index in [0.29, 0.717) is 15.1 Å². The van der Waals surface area contributed by atoms with Gasteiger partial charge in [0.25, 0.3) is 26.0 Å². The minimum Gasteiger partial charge on any atom is -0.270 e. The number of carbonyl (C=O) groups excluding carboxylic acids is 2. The predicted octanol–water partition coefficient (Wildman–Crippen LogP) is 5.25. The number of hydrogen-bond donors (Lipinski definition) is 0. The van der Waals surface area contributed by atoms with E-state index in [1.807, 2.05) is 6.07 Å². The van der Waals surface area contributed by atoms with Gasteiger partial charge in [0.2, 0.25) is 0 Å². The topological polar surface area (TPSA) is 109 Å². The number of nitrogens with zero attached hydrogens (tertiary/aromatic N) is 2. The van der Waals surface area contributed by atoms with E-state index in [1.165, 1.54) is 43.3 Å². The summed E-state index contributed by atoms with van der Waals surface area (Å²) in [5, 5.41) is 2.71. The summed E-state index contributed by atoms with van der Waals surface area (Å²) < 4.78 is 56.5. The molecule has 0 spiro atoms. The van der Waals surface area contributed by atoms with Crippen LogP contribution >= 0.6 is 0 Å². The molecule has 10 heteroatoms. The Morgan fingerprint density at radius 2 is 1.00 bits per heavy atom. The highest BCUT2D eigenvalue weighted by atomic mass is 32.2. The summed E-state index contributed by atoms with van der Waals surface area (Å²) in [4.78, 5) is 27.4. The molecule has 40 heavy (non-hydrogen) atoms. The van der Waals surface area contributed by atoms with Crippen molar-refractivity contribution in [2.75, 3.05) is 0 Å². The molecular weight excluding hydrogens is 548 g/mol. The zero-order valence-corrected chi connectivity index (χ0v) is 22.8. The zero-order valence-electron chi connectivity index (χ0n) is 21.1. The number of carbonyl (C=O) groups is 2. The van der Waals surface area contributed by atoms with E-state index >= 15 is 0 Å². The van der Waals surface area contributed by atoms with Crippen molar-refractivity contribution in [1.82, 2.24) is 8.61 Å². The number of sulfonamides is 2. The Morgan fingerprint density at radius 3 is 1.52 bits per heavy atom. The van der Waals surface area contributed by atoms with Crippen LogP contribution in [0.2, 0.25) is 0 Å². The van der Waals surface area contributed by atoms with Crippen LogP contribution in [0, 0.1) is 0 Å². The Labute approximate surface area is 231 Å². The number of hydrogen-bond acceptors (Lipinski definition) is 6. The minimum atomic E-state index is -4.79. The first-order valence-corrected chi connectivity index (χ1v) is 15.2. The van der Waals surface area contributed by atoms with E-state index in [4.69, 9.17) is 0 Å². The van der Waals surface area contributed by atoms with Crippen LogP contribution in [0.1, 0.15) is 12.5 Å². The van der Waals surface area contributed by atoms with Crippen LogP contribution < -0.4 is 0 Å². The molecule has 1 unspecified atom stereocenters. The predicted molar refractivity (Wildman–Crippen MR) is 150 cm³/mol. The van der Waals surface area contributed by atoms with Crippen LogP contribution in [0.4, 0.5) is 4.79 Å². The van der Waals surface area contributed by atoms with Gasteiger partial charge in [-0.15, -0.1) is 4.31 Å². The molecule has 1 fully saturated rings. The van der Waals surface area contributed by atoms with E-state index in [1.54, 1.807) is 72.8 Å². The van der Waals surface area contributed by atoms with Crippen LogP contribution in [0.25, 0.3) is 21.5 Å². The molecule has 6 rings (SSSR count). The third-order valence-electron chi connectivity index (χ3n) is 7.21. The summed E-state index contributed by atoms with van der Waals surface area (Å²) >= 11 is 0. The Hall–Kier alpha value is -4.54. The molecule has 0 aromatic heterocycles. The molecule has 0 aliphatic carbocycles. The molecule has 0 saturated carbocycles. The summed E-state index contributed by atoms with van der Waals surface area (Å²) in [5.74, 6) is -1.19. The van der Waals surface area contributed by atoms with Gasteiger partial charge in [-0.1, -0.05) is 91.0 Å². The van der Waals surface area contributed by atoms with Crippen molar-refractivity contribution < 1.29 is 26.4 Å². The molecule has 200 valence electrons. The average molecular weight is 571 g/mol. The first-order valence-electron chi connectivity index (χ1n) is 12.3. The van der Waals surface area contributed by atoms with Crippen molar-refractivity contribution in [3.8, 4) is 0 Å². The largest absolute Gasteiger partial charge is 0.356 e. The normalized spacial score (nSPS) is 18.1. The molecule has 0 radical (unpaired) electrons. The zero-order chi connectivity index (χ0) is 28.3. The van der Waals surface area contributed by atoms with Gasteiger partial charge in [-0.25, -0.2) is 21.6 Å². The minimum absolute atomic E-state index is 0.0721. The summed E-state index contributed by atoms with van der Waals surface area (Å²) in [6.07, 6.45) is 0. The Morgan fingerprint density at radius 1 is 0.550 bits per heavy atom. The van der Waals surface area contributed by atoms with Crippen molar-refractivity contribution in [2.45, 2.75) is 22.3 Å². The standard InChI is InChI=1S/C30H22N2O6S2/c1-30(25-13-3-2-4-14-25)28(33)31(39(35,36)26-17-15-21-9-5-7-11-23(21)19-26)29(34)32(30)40(37,38)27-18-16-22-10-6-8-12-24(22)20-27/h2-20H,1H3. The second-order valence-corrected chi connectivity index (χ2v) is 13.2. The number of fused-ring (bicyclic) bond motifs is 2. The Balaban J connectivity index is 1.55. The molecule has 1 saturated heterocycles. The summed E-state index contributed by atoms with van der Waals surface area (Å²) in [7, 11) is -9.51. The Bertz CT molecular complexity index is 2060. The monoisotopic (exact) mass is 570 g/mol. The highest BCUT2D eigenvalue weighted by molar-refractivity contribution is 7.91. The SMILES string of the molecule is CC1(c2ccccc2)C(=O)N(S(=O)(=O)c2ccc3ccccc3c2)C(=O)N1S(=O)(=O)c1ccc2ccccc2c1.